The minimum Gasteiger partial charge on any atom is -0.496 e. The number of ether oxygens (including phenoxy) is 2. The van der Waals surface area contributed by atoms with E-state index in [4.69, 9.17) is 4.74 Å². The van der Waals surface area contributed by atoms with Gasteiger partial charge in [0.15, 0.2) is 5.65 Å². The van der Waals surface area contributed by atoms with E-state index in [1.807, 2.05) is 0 Å². The normalized spacial score (nSPS) is 12.4. The maximum Gasteiger partial charge on any atom is 0.573 e. The van der Waals surface area contributed by atoms with Gasteiger partial charge in [0.1, 0.15) is 11.5 Å². The van der Waals surface area contributed by atoms with E-state index in [1.54, 1.807) is 0 Å². The Labute approximate surface area is 141 Å². The van der Waals surface area contributed by atoms with Crippen molar-refractivity contribution in [2.45, 2.75) is 12.5 Å². The number of alkyl halides is 6. The third-order valence-electron chi connectivity index (χ3n) is 3.37. The topological polar surface area (TPSA) is 48.7 Å². The van der Waals surface area contributed by atoms with Gasteiger partial charge < -0.3 is 9.47 Å². The van der Waals surface area contributed by atoms with Crippen molar-refractivity contribution >= 4 is 5.65 Å². The van der Waals surface area contributed by atoms with Crippen molar-refractivity contribution in [1.29, 1.82) is 0 Å². The summed E-state index contributed by atoms with van der Waals surface area (Å²) < 4.78 is 85.4. The lowest BCUT2D eigenvalue weighted by Crippen LogP contribution is -2.17. The van der Waals surface area contributed by atoms with Crippen LogP contribution in [0, 0.1) is 0 Å². The van der Waals surface area contributed by atoms with Crippen LogP contribution in [0.2, 0.25) is 0 Å². The van der Waals surface area contributed by atoms with Crippen LogP contribution in [0.1, 0.15) is 5.82 Å². The molecule has 11 heteroatoms. The molecule has 0 N–H and O–H groups in total. The highest BCUT2D eigenvalue weighted by Crippen LogP contribution is 2.36. The molecule has 0 aliphatic rings. The van der Waals surface area contributed by atoms with Crippen LogP contribution in [0.25, 0.3) is 16.8 Å². The Morgan fingerprint density at radius 2 is 1.69 bits per heavy atom. The summed E-state index contributed by atoms with van der Waals surface area (Å²) in [6.45, 7) is 0. The smallest absolute Gasteiger partial charge is 0.496 e. The summed E-state index contributed by atoms with van der Waals surface area (Å²) >= 11 is 0. The van der Waals surface area contributed by atoms with Crippen molar-refractivity contribution in [3.63, 3.8) is 0 Å². The molecule has 0 fully saturated rings. The molecule has 138 valence electrons. The Kier molecular flexibility index (Phi) is 4.17. The summed E-state index contributed by atoms with van der Waals surface area (Å²) in [4.78, 5) is 0. The van der Waals surface area contributed by atoms with Crippen molar-refractivity contribution in [2.24, 2.45) is 0 Å². The van der Waals surface area contributed by atoms with Gasteiger partial charge in [-0.05, 0) is 24.3 Å². The van der Waals surface area contributed by atoms with E-state index in [2.05, 4.69) is 14.9 Å². The molecule has 2 aromatic heterocycles. The molecule has 0 radical (unpaired) electrons. The predicted octanol–water partition coefficient (Wildman–Crippen LogP) is 4.32. The first kappa shape index (κ1) is 17.8. The highest BCUT2D eigenvalue weighted by Gasteiger charge is 2.37. The number of nitrogens with zero attached hydrogens (tertiary/aromatic N) is 3. The van der Waals surface area contributed by atoms with Gasteiger partial charge in [-0.1, -0.05) is 0 Å². The lowest BCUT2D eigenvalue weighted by Gasteiger charge is -2.13. The molecule has 3 aromatic rings. The number of benzene rings is 1. The second kappa shape index (κ2) is 6.07. The molecule has 3 rings (SSSR count). The Balaban J connectivity index is 2.08. The van der Waals surface area contributed by atoms with Crippen LogP contribution in [0.15, 0.2) is 36.5 Å². The molecule has 5 nitrogen and oxygen atoms in total. The van der Waals surface area contributed by atoms with E-state index < -0.39 is 24.1 Å². The van der Waals surface area contributed by atoms with Crippen LogP contribution < -0.4 is 9.47 Å². The fourth-order valence-electron chi connectivity index (χ4n) is 2.35. The summed E-state index contributed by atoms with van der Waals surface area (Å²) in [5.41, 5.74) is 0.501. The standard InChI is InChI=1S/C15H9F6N3O2/c1-25-11-6-9(26-15(19,20)21)3-4-10(11)8-2-5-12-22-23-13(14(16,17)18)24(12)7-8/h2-7H,1H3. The van der Waals surface area contributed by atoms with Gasteiger partial charge in [0.2, 0.25) is 5.82 Å². The second-order valence-corrected chi connectivity index (χ2v) is 5.08. The number of halogens is 6. The Hall–Kier alpha value is -2.98. The van der Waals surface area contributed by atoms with Gasteiger partial charge in [-0.25, -0.2) is 0 Å². The van der Waals surface area contributed by atoms with Gasteiger partial charge in [0.25, 0.3) is 0 Å². The molecule has 0 saturated carbocycles. The Morgan fingerprint density at radius 3 is 2.31 bits per heavy atom. The van der Waals surface area contributed by atoms with Crippen LogP contribution in [0.4, 0.5) is 26.3 Å². The van der Waals surface area contributed by atoms with Crippen LogP contribution in [0.3, 0.4) is 0 Å². The molecule has 0 aliphatic heterocycles. The van der Waals surface area contributed by atoms with Gasteiger partial charge in [0.05, 0.1) is 7.11 Å². The molecule has 0 bridgehead atoms. The van der Waals surface area contributed by atoms with E-state index in [9.17, 15) is 26.3 Å². The summed E-state index contributed by atoms with van der Waals surface area (Å²) in [5.74, 6) is -1.74. The largest absolute Gasteiger partial charge is 0.573 e. The zero-order valence-corrected chi connectivity index (χ0v) is 12.9. The third kappa shape index (κ3) is 3.51. The van der Waals surface area contributed by atoms with Crippen molar-refractivity contribution in [1.82, 2.24) is 14.6 Å². The number of pyridine rings is 1. The minimum absolute atomic E-state index is 0.00673. The average Bonchev–Trinajstić information content (AvgIpc) is 2.96. The number of rotatable bonds is 3. The number of fused-ring (bicyclic) bond motifs is 1. The summed E-state index contributed by atoms with van der Waals surface area (Å²) in [5, 5.41) is 6.54. The van der Waals surface area contributed by atoms with Crippen molar-refractivity contribution < 1.29 is 35.8 Å². The van der Waals surface area contributed by atoms with Crippen LogP contribution in [0.5, 0.6) is 11.5 Å². The number of aromatic nitrogens is 3. The highest BCUT2D eigenvalue weighted by atomic mass is 19.4. The molecule has 0 amide bonds. The van der Waals surface area contributed by atoms with Crippen LogP contribution in [-0.4, -0.2) is 28.1 Å². The van der Waals surface area contributed by atoms with Crippen LogP contribution >= 0.6 is 0 Å². The quantitative estimate of drug-likeness (QED) is 0.638. The maximum atomic E-state index is 13.0. The van der Waals surface area contributed by atoms with Gasteiger partial charge in [-0.15, -0.1) is 23.4 Å². The molecule has 1 aromatic carbocycles. The van der Waals surface area contributed by atoms with Crippen LogP contribution in [-0.2, 0) is 6.18 Å². The monoisotopic (exact) mass is 377 g/mol. The maximum absolute atomic E-state index is 13.0. The summed E-state index contributed by atoms with van der Waals surface area (Å²) in [6, 6.07) is 6.03. The SMILES string of the molecule is COc1cc(OC(F)(F)F)ccc1-c1ccc2nnc(C(F)(F)F)n2c1. The fourth-order valence-corrected chi connectivity index (χ4v) is 2.35. The zero-order chi connectivity index (χ0) is 19.1. The van der Waals surface area contributed by atoms with E-state index >= 15 is 0 Å². The first-order valence-electron chi connectivity index (χ1n) is 6.94. The van der Waals surface area contributed by atoms with Gasteiger partial charge >= 0.3 is 12.5 Å². The molecule has 0 atom stereocenters. The van der Waals surface area contributed by atoms with Gasteiger partial charge in [0, 0.05) is 23.4 Å². The van der Waals surface area contributed by atoms with E-state index in [1.165, 1.54) is 25.3 Å². The molecule has 0 spiro atoms. The lowest BCUT2D eigenvalue weighted by molar-refractivity contribution is -0.274. The molecule has 0 aliphatic carbocycles. The first-order chi connectivity index (χ1) is 12.1. The minimum atomic E-state index is -4.88. The van der Waals surface area contributed by atoms with Crippen molar-refractivity contribution in [3.8, 4) is 22.6 Å². The van der Waals surface area contributed by atoms with E-state index in [0.29, 0.717) is 0 Å². The lowest BCUT2D eigenvalue weighted by atomic mass is 10.1. The summed E-state index contributed by atoms with van der Waals surface area (Å²) in [6.07, 6.45) is -8.47. The average molecular weight is 377 g/mol. The number of methoxy groups -OCH3 is 1. The molecular formula is C15H9F6N3O2. The van der Waals surface area contributed by atoms with Crippen molar-refractivity contribution in [3.05, 3.63) is 42.4 Å². The zero-order valence-electron chi connectivity index (χ0n) is 12.9. The summed E-state index contributed by atoms with van der Waals surface area (Å²) in [7, 11) is 1.22. The van der Waals surface area contributed by atoms with E-state index in [0.717, 1.165) is 22.7 Å². The molecule has 0 saturated heterocycles. The second-order valence-electron chi connectivity index (χ2n) is 5.08. The predicted molar refractivity (Wildman–Crippen MR) is 76.7 cm³/mol. The van der Waals surface area contributed by atoms with Gasteiger partial charge in [-0.3, -0.25) is 4.40 Å². The number of hydrogen-bond acceptors (Lipinski definition) is 4. The van der Waals surface area contributed by atoms with Crippen molar-refractivity contribution in [2.75, 3.05) is 7.11 Å². The van der Waals surface area contributed by atoms with Gasteiger partial charge in [-0.2, -0.15) is 13.2 Å². The Bertz CT molecular complexity index is 949. The number of hydrogen-bond donors (Lipinski definition) is 0. The first-order valence-corrected chi connectivity index (χ1v) is 6.94. The fraction of sp³-hybridized carbons (Fsp3) is 0.200. The molecule has 0 unspecified atom stereocenters. The molecule has 2 heterocycles. The third-order valence-corrected chi connectivity index (χ3v) is 3.37. The molecule has 26 heavy (non-hydrogen) atoms. The molecular weight excluding hydrogens is 368 g/mol. The highest BCUT2D eigenvalue weighted by molar-refractivity contribution is 5.72. The van der Waals surface area contributed by atoms with E-state index in [-0.39, 0.29) is 22.5 Å². The Morgan fingerprint density at radius 1 is 0.962 bits per heavy atom.